The van der Waals surface area contributed by atoms with Gasteiger partial charge in [-0.1, -0.05) is 24.2 Å². The molecule has 8 heteroatoms. The summed E-state index contributed by atoms with van der Waals surface area (Å²) in [6.07, 6.45) is 6.36. The number of ether oxygens (including phenoxy) is 1. The standard InChI is InChI=1S/C25H30N4O3S/c1-32-18-7-5-6-17(16-18)28-12-14-29(15-13-28)22(30)11-10-21-26-24(31)23-19-8-3-2-4-9-20(19)33-25(23)27-21/h5-7,16,23H,2-4,8-15H2,1H3. The summed E-state index contributed by atoms with van der Waals surface area (Å²) >= 11 is 1.68. The molecule has 0 spiro atoms. The molecule has 1 aliphatic carbocycles. The highest BCUT2D eigenvalue weighted by Gasteiger charge is 2.40. The fraction of sp³-hybridized carbons (Fsp3) is 0.520. The first-order valence-corrected chi connectivity index (χ1v) is 12.7. The normalized spacial score (nSPS) is 22.9. The Morgan fingerprint density at radius 3 is 2.76 bits per heavy atom. The number of carbonyl (C=O) groups excluding carboxylic acids is 2. The fourth-order valence-corrected chi connectivity index (χ4v) is 6.39. The van der Waals surface area contributed by atoms with Gasteiger partial charge >= 0.3 is 0 Å². The van der Waals surface area contributed by atoms with E-state index in [2.05, 4.69) is 16.0 Å². The average Bonchev–Trinajstić information content (AvgIpc) is 3.04. The lowest BCUT2D eigenvalue weighted by Gasteiger charge is -2.36. The van der Waals surface area contributed by atoms with Crippen molar-refractivity contribution in [2.45, 2.75) is 44.9 Å². The van der Waals surface area contributed by atoms with Crippen LogP contribution in [0.25, 0.3) is 0 Å². The summed E-state index contributed by atoms with van der Waals surface area (Å²) in [7, 11) is 1.67. The van der Waals surface area contributed by atoms with Gasteiger partial charge in [0, 0.05) is 50.8 Å². The van der Waals surface area contributed by atoms with Crippen molar-refractivity contribution in [3.63, 3.8) is 0 Å². The summed E-state index contributed by atoms with van der Waals surface area (Å²) in [5, 5.41) is 0.885. The molecule has 33 heavy (non-hydrogen) atoms. The number of hydrogen-bond donors (Lipinski definition) is 0. The van der Waals surface area contributed by atoms with Crippen LogP contribution in [0.4, 0.5) is 5.69 Å². The molecule has 1 unspecified atom stereocenters. The quantitative estimate of drug-likeness (QED) is 0.655. The molecule has 0 aromatic heterocycles. The van der Waals surface area contributed by atoms with Crippen LogP contribution < -0.4 is 9.64 Å². The van der Waals surface area contributed by atoms with E-state index in [1.54, 1.807) is 18.9 Å². The molecule has 1 atom stereocenters. The van der Waals surface area contributed by atoms with Crippen LogP contribution in [0.5, 0.6) is 5.75 Å². The van der Waals surface area contributed by atoms with E-state index >= 15 is 0 Å². The van der Waals surface area contributed by atoms with Crippen LogP contribution in [0.3, 0.4) is 0 Å². The molecule has 1 aromatic carbocycles. The van der Waals surface area contributed by atoms with Crippen LogP contribution in [0.15, 0.2) is 44.7 Å². The number of anilines is 1. The van der Waals surface area contributed by atoms with Crippen LogP contribution in [-0.4, -0.2) is 60.9 Å². The van der Waals surface area contributed by atoms with Crippen molar-refractivity contribution >= 4 is 40.1 Å². The van der Waals surface area contributed by atoms with E-state index in [1.165, 1.54) is 23.3 Å². The first kappa shape index (κ1) is 22.2. The number of fused-ring (bicyclic) bond motifs is 2. The number of methoxy groups -OCH3 is 1. The van der Waals surface area contributed by atoms with Gasteiger partial charge in [-0.05, 0) is 48.3 Å². The summed E-state index contributed by atoms with van der Waals surface area (Å²) in [6, 6.07) is 8.02. The third kappa shape index (κ3) is 4.71. The molecule has 0 saturated carbocycles. The molecular formula is C25H30N4O3S. The highest BCUT2D eigenvalue weighted by atomic mass is 32.2. The molecule has 1 fully saturated rings. The first-order chi connectivity index (χ1) is 16.1. The maximum Gasteiger partial charge on any atom is 0.261 e. The van der Waals surface area contributed by atoms with Crippen molar-refractivity contribution in [2.24, 2.45) is 15.9 Å². The highest BCUT2D eigenvalue weighted by Crippen LogP contribution is 2.46. The average molecular weight is 467 g/mol. The van der Waals surface area contributed by atoms with Crippen LogP contribution >= 0.6 is 11.8 Å². The minimum atomic E-state index is -0.243. The Kier molecular flexibility index (Phi) is 6.53. The lowest BCUT2D eigenvalue weighted by Crippen LogP contribution is -2.48. The highest BCUT2D eigenvalue weighted by molar-refractivity contribution is 8.17. The zero-order valence-electron chi connectivity index (χ0n) is 19.1. The van der Waals surface area contributed by atoms with Crippen molar-refractivity contribution in [3.8, 4) is 5.75 Å². The van der Waals surface area contributed by atoms with Crippen LogP contribution in [0.1, 0.15) is 44.9 Å². The Bertz CT molecular complexity index is 1040. The second kappa shape index (κ2) is 9.71. The fourth-order valence-electron chi connectivity index (χ4n) is 5.03. The predicted molar refractivity (Wildman–Crippen MR) is 132 cm³/mol. The zero-order valence-corrected chi connectivity index (χ0v) is 19.9. The number of benzene rings is 1. The lowest BCUT2D eigenvalue weighted by atomic mass is 9.94. The second-order valence-corrected chi connectivity index (χ2v) is 10.0. The number of amidine groups is 1. The SMILES string of the molecule is COc1cccc(N2CCN(C(=O)CCC3=NC(=O)C4C(=N3)SC3=C4CCCCC3)CC2)c1. The number of allylic oxidation sites excluding steroid dienone is 1. The maximum absolute atomic E-state index is 12.8. The number of thioether (sulfide) groups is 1. The molecule has 174 valence electrons. The first-order valence-electron chi connectivity index (χ1n) is 11.9. The van der Waals surface area contributed by atoms with Crippen molar-refractivity contribution in [1.29, 1.82) is 0 Å². The summed E-state index contributed by atoms with van der Waals surface area (Å²) in [5.41, 5.74) is 2.37. The van der Waals surface area contributed by atoms with E-state index in [0.29, 0.717) is 31.8 Å². The third-order valence-corrected chi connectivity index (χ3v) is 8.12. The van der Waals surface area contributed by atoms with E-state index in [1.807, 2.05) is 23.1 Å². The number of rotatable bonds is 5. The minimum absolute atomic E-state index is 0.0891. The Hall–Kier alpha value is -2.61. The van der Waals surface area contributed by atoms with E-state index in [4.69, 9.17) is 9.73 Å². The molecule has 4 aliphatic rings. The van der Waals surface area contributed by atoms with E-state index in [0.717, 1.165) is 48.8 Å². The number of amides is 2. The number of aliphatic imine (C=N–C) groups is 2. The van der Waals surface area contributed by atoms with Crippen molar-refractivity contribution in [1.82, 2.24) is 4.90 Å². The van der Waals surface area contributed by atoms with Gasteiger partial charge in [-0.2, -0.15) is 4.99 Å². The second-order valence-electron chi connectivity index (χ2n) is 8.93. The smallest absolute Gasteiger partial charge is 0.261 e. The monoisotopic (exact) mass is 466 g/mol. The minimum Gasteiger partial charge on any atom is -0.497 e. The Labute approximate surface area is 199 Å². The molecule has 0 radical (unpaired) electrons. The number of nitrogens with zero attached hydrogens (tertiary/aromatic N) is 4. The molecule has 1 saturated heterocycles. The predicted octanol–water partition coefficient (Wildman–Crippen LogP) is 4.04. The Morgan fingerprint density at radius 2 is 1.94 bits per heavy atom. The van der Waals surface area contributed by atoms with Crippen molar-refractivity contribution < 1.29 is 14.3 Å². The topological polar surface area (TPSA) is 74.6 Å². The molecule has 5 rings (SSSR count). The largest absolute Gasteiger partial charge is 0.497 e. The maximum atomic E-state index is 12.8. The van der Waals surface area contributed by atoms with Crippen LogP contribution in [0, 0.1) is 5.92 Å². The molecule has 0 N–H and O–H groups in total. The summed E-state index contributed by atoms with van der Waals surface area (Å²) in [6.45, 7) is 2.95. The van der Waals surface area contributed by atoms with Crippen LogP contribution in [-0.2, 0) is 9.59 Å². The van der Waals surface area contributed by atoms with Gasteiger partial charge in [0.05, 0.1) is 12.2 Å². The lowest BCUT2D eigenvalue weighted by molar-refractivity contribution is -0.131. The van der Waals surface area contributed by atoms with Crippen molar-refractivity contribution in [2.75, 3.05) is 38.2 Å². The van der Waals surface area contributed by atoms with Gasteiger partial charge in [0.1, 0.15) is 17.5 Å². The van der Waals surface area contributed by atoms with Gasteiger partial charge in [-0.25, -0.2) is 4.99 Å². The zero-order chi connectivity index (χ0) is 22.8. The van der Waals surface area contributed by atoms with E-state index in [9.17, 15) is 9.59 Å². The third-order valence-electron chi connectivity index (χ3n) is 6.87. The van der Waals surface area contributed by atoms with Gasteiger partial charge in [0.2, 0.25) is 5.91 Å². The summed E-state index contributed by atoms with van der Waals surface area (Å²) in [5.74, 6) is 1.12. The van der Waals surface area contributed by atoms with Gasteiger partial charge in [-0.3, -0.25) is 9.59 Å². The Balaban J connectivity index is 1.14. The van der Waals surface area contributed by atoms with Gasteiger partial charge in [-0.15, -0.1) is 0 Å². The molecular weight excluding hydrogens is 436 g/mol. The van der Waals surface area contributed by atoms with E-state index in [-0.39, 0.29) is 17.7 Å². The van der Waals surface area contributed by atoms with Gasteiger partial charge in [0.25, 0.3) is 5.91 Å². The van der Waals surface area contributed by atoms with Gasteiger partial charge < -0.3 is 14.5 Å². The molecule has 2 amide bonds. The summed E-state index contributed by atoms with van der Waals surface area (Å²) < 4.78 is 5.32. The van der Waals surface area contributed by atoms with Gasteiger partial charge in [0.15, 0.2) is 0 Å². The molecule has 7 nitrogen and oxygen atoms in total. The molecule has 0 bridgehead atoms. The van der Waals surface area contributed by atoms with Crippen LogP contribution in [0.2, 0.25) is 0 Å². The van der Waals surface area contributed by atoms with Crippen molar-refractivity contribution in [3.05, 3.63) is 34.7 Å². The number of carbonyl (C=O) groups is 2. The number of hydrogen-bond acceptors (Lipinski definition) is 6. The Morgan fingerprint density at radius 1 is 1.12 bits per heavy atom. The van der Waals surface area contributed by atoms with E-state index < -0.39 is 0 Å². The molecule has 1 aromatic rings. The number of piperazine rings is 1. The summed E-state index contributed by atoms with van der Waals surface area (Å²) in [4.78, 5) is 40.1. The molecule has 3 heterocycles. The molecule has 3 aliphatic heterocycles.